The molecular formula is C10H26O5Si2. The highest BCUT2D eigenvalue weighted by Gasteiger charge is 2.37. The highest BCUT2D eigenvalue weighted by atomic mass is 28.4. The molecule has 0 aromatic heterocycles. The van der Waals surface area contributed by atoms with Crippen LogP contribution in [0.3, 0.4) is 0 Å². The Balaban J connectivity index is 3.98. The minimum atomic E-state index is -2.40. The van der Waals surface area contributed by atoms with Crippen molar-refractivity contribution in [1.82, 2.24) is 0 Å². The van der Waals surface area contributed by atoms with Gasteiger partial charge in [0.15, 0.2) is 0 Å². The van der Waals surface area contributed by atoms with Gasteiger partial charge in [0.05, 0.1) is 0 Å². The summed E-state index contributed by atoms with van der Waals surface area (Å²) in [4.78, 5) is 0. The molecule has 0 saturated heterocycles. The average molecular weight is 282 g/mol. The van der Waals surface area contributed by atoms with Gasteiger partial charge in [0, 0.05) is 41.6 Å². The first-order valence-corrected chi connectivity index (χ1v) is 10.2. The van der Waals surface area contributed by atoms with Crippen LogP contribution in [-0.2, 0) is 22.1 Å². The van der Waals surface area contributed by atoms with Gasteiger partial charge in [-0.15, -0.1) is 0 Å². The Morgan fingerprint density at radius 2 is 1.06 bits per heavy atom. The molecule has 7 heteroatoms. The van der Waals surface area contributed by atoms with E-state index in [1.165, 1.54) is 0 Å². The molecule has 0 amide bonds. The van der Waals surface area contributed by atoms with Crippen molar-refractivity contribution in [2.45, 2.75) is 31.5 Å². The van der Waals surface area contributed by atoms with Gasteiger partial charge in [-0.3, -0.25) is 0 Å². The van der Waals surface area contributed by atoms with Crippen molar-refractivity contribution < 1.29 is 22.1 Å². The third kappa shape index (κ3) is 5.60. The minimum Gasteiger partial charge on any atom is -0.398 e. The Labute approximate surface area is 107 Å². The van der Waals surface area contributed by atoms with E-state index < -0.39 is 17.4 Å². The molecule has 0 fully saturated rings. The van der Waals surface area contributed by atoms with Gasteiger partial charge in [-0.1, -0.05) is 6.42 Å². The molecule has 0 heterocycles. The zero-order valence-electron chi connectivity index (χ0n) is 11.9. The lowest BCUT2D eigenvalue weighted by molar-refractivity contribution is 0.123. The maximum atomic E-state index is 5.43. The van der Waals surface area contributed by atoms with E-state index in [9.17, 15) is 0 Å². The van der Waals surface area contributed by atoms with E-state index in [4.69, 9.17) is 22.1 Å². The summed E-state index contributed by atoms with van der Waals surface area (Å²) in [7, 11) is 4.03. The molecule has 0 saturated carbocycles. The molecule has 0 rings (SSSR count). The maximum absolute atomic E-state index is 5.43. The van der Waals surface area contributed by atoms with Crippen LogP contribution in [0, 0.1) is 0 Å². The second-order valence-corrected chi connectivity index (χ2v) is 10.7. The lowest BCUT2D eigenvalue weighted by Crippen LogP contribution is -2.42. The largest absolute Gasteiger partial charge is 0.500 e. The first-order chi connectivity index (χ1) is 8.01. The van der Waals surface area contributed by atoms with E-state index >= 15 is 0 Å². The fourth-order valence-electron chi connectivity index (χ4n) is 1.63. The van der Waals surface area contributed by atoms with Crippen LogP contribution in [0.25, 0.3) is 0 Å². The molecule has 0 unspecified atom stereocenters. The molecule has 104 valence electrons. The molecule has 0 aliphatic heterocycles. The molecule has 0 radical (unpaired) electrons. The van der Waals surface area contributed by atoms with Gasteiger partial charge in [-0.25, -0.2) is 0 Å². The topological polar surface area (TPSA) is 46.2 Å². The summed E-state index contributed by atoms with van der Waals surface area (Å²) in [6, 6.07) is 1.80. The van der Waals surface area contributed by atoms with E-state index in [2.05, 4.69) is 6.55 Å². The predicted octanol–water partition coefficient (Wildman–Crippen LogP) is 2.01. The summed E-state index contributed by atoms with van der Waals surface area (Å²) in [5.74, 6) is 0. The van der Waals surface area contributed by atoms with Crippen molar-refractivity contribution in [2.75, 3.05) is 35.5 Å². The van der Waals surface area contributed by atoms with Crippen LogP contribution in [-0.4, -0.2) is 52.9 Å². The van der Waals surface area contributed by atoms with Gasteiger partial charge in [-0.05, 0) is 19.0 Å². The van der Waals surface area contributed by atoms with Crippen LogP contribution in [0.5, 0.6) is 0 Å². The molecule has 0 aliphatic carbocycles. The summed E-state index contributed by atoms with van der Waals surface area (Å²) in [5.41, 5.74) is 0. The monoisotopic (exact) mass is 282 g/mol. The Morgan fingerprint density at radius 3 is 1.41 bits per heavy atom. The van der Waals surface area contributed by atoms with Gasteiger partial charge in [0.25, 0.3) is 0 Å². The summed E-state index contributed by atoms with van der Waals surface area (Å²) >= 11 is 0. The number of hydrogen-bond donors (Lipinski definition) is 0. The maximum Gasteiger partial charge on any atom is 0.500 e. The quantitative estimate of drug-likeness (QED) is 0.453. The Morgan fingerprint density at radius 1 is 0.647 bits per heavy atom. The lowest BCUT2D eigenvalue weighted by atomic mass is 10.4. The van der Waals surface area contributed by atoms with Gasteiger partial charge >= 0.3 is 17.4 Å². The Kier molecular flexibility index (Phi) is 8.47. The first kappa shape index (κ1) is 17.2. The second-order valence-electron chi connectivity index (χ2n) is 4.04. The summed E-state index contributed by atoms with van der Waals surface area (Å²) in [6.45, 7) is 2.07. The number of rotatable bonds is 10. The highest BCUT2D eigenvalue weighted by Crippen LogP contribution is 2.21. The standard InChI is InChI=1S/C10H26O5Si2/c1-11-16(6,12-2)9-7-8-10-17(13-3,14-4)15-5/h7-10H2,1-6H3. The Hall–Kier alpha value is 0.234. The van der Waals surface area contributed by atoms with Crippen LogP contribution < -0.4 is 0 Å². The molecule has 0 aromatic rings. The number of unbranched alkanes of at least 4 members (excludes halogenated alkanes) is 1. The van der Waals surface area contributed by atoms with Gasteiger partial charge in [-0.2, -0.15) is 0 Å². The molecule has 0 aromatic carbocycles. The zero-order valence-corrected chi connectivity index (χ0v) is 13.9. The van der Waals surface area contributed by atoms with Gasteiger partial charge in [0.2, 0.25) is 0 Å². The lowest BCUT2D eigenvalue weighted by Gasteiger charge is -2.25. The summed E-state index contributed by atoms with van der Waals surface area (Å²) in [6.07, 6.45) is 2.03. The van der Waals surface area contributed by atoms with Crippen LogP contribution >= 0.6 is 0 Å². The first-order valence-electron chi connectivity index (χ1n) is 5.77. The van der Waals surface area contributed by atoms with Crippen molar-refractivity contribution >= 4 is 17.4 Å². The van der Waals surface area contributed by atoms with Crippen molar-refractivity contribution in [2.24, 2.45) is 0 Å². The Bertz CT molecular complexity index is 187. The average Bonchev–Trinajstić information content (AvgIpc) is 2.39. The SMILES string of the molecule is CO[Si](C)(CCCC[Si](OC)(OC)OC)OC. The normalized spacial score (nSPS) is 13.1. The molecular weight excluding hydrogens is 256 g/mol. The van der Waals surface area contributed by atoms with Crippen molar-refractivity contribution in [3.8, 4) is 0 Å². The molecule has 0 bridgehead atoms. The third-order valence-corrected chi connectivity index (χ3v) is 8.98. The van der Waals surface area contributed by atoms with Gasteiger partial charge in [0.1, 0.15) is 0 Å². The highest BCUT2D eigenvalue weighted by molar-refractivity contribution is 6.66. The molecule has 0 aliphatic rings. The fraction of sp³-hybridized carbons (Fsp3) is 1.00. The van der Waals surface area contributed by atoms with Gasteiger partial charge < -0.3 is 22.1 Å². The minimum absolute atomic E-state index is 0.828. The van der Waals surface area contributed by atoms with Crippen molar-refractivity contribution in [3.05, 3.63) is 0 Å². The van der Waals surface area contributed by atoms with Crippen molar-refractivity contribution in [1.29, 1.82) is 0 Å². The fourth-order valence-corrected chi connectivity index (χ4v) is 4.89. The van der Waals surface area contributed by atoms with Crippen molar-refractivity contribution in [3.63, 3.8) is 0 Å². The van der Waals surface area contributed by atoms with Crippen LogP contribution in [0.4, 0.5) is 0 Å². The molecule has 17 heavy (non-hydrogen) atoms. The summed E-state index contributed by atoms with van der Waals surface area (Å²) in [5, 5.41) is 0. The van der Waals surface area contributed by atoms with E-state index in [1.807, 2.05) is 0 Å². The van der Waals surface area contributed by atoms with E-state index in [-0.39, 0.29) is 0 Å². The molecule has 0 N–H and O–H groups in total. The zero-order chi connectivity index (χ0) is 13.4. The van der Waals surface area contributed by atoms with E-state index in [1.54, 1.807) is 35.5 Å². The summed E-state index contributed by atoms with van der Waals surface area (Å²) < 4.78 is 27.0. The van der Waals surface area contributed by atoms with E-state index in [0.717, 1.165) is 24.9 Å². The predicted molar refractivity (Wildman–Crippen MR) is 71.3 cm³/mol. The molecule has 5 nitrogen and oxygen atoms in total. The van der Waals surface area contributed by atoms with Crippen LogP contribution in [0.2, 0.25) is 18.6 Å². The van der Waals surface area contributed by atoms with Crippen LogP contribution in [0.15, 0.2) is 0 Å². The number of hydrogen-bond acceptors (Lipinski definition) is 5. The van der Waals surface area contributed by atoms with E-state index in [0.29, 0.717) is 0 Å². The smallest absolute Gasteiger partial charge is 0.398 e. The second kappa shape index (κ2) is 8.36. The molecule has 0 atom stereocenters. The third-order valence-electron chi connectivity index (χ3n) is 3.16. The molecule has 0 spiro atoms. The van der Waals surface area contributed by atoms with Crippen LogP contribution in [0.1, 0.15) is 12.8 Å².